The summed E-state index contributed by atoms with van der Waals surface area (Å²) < 4.78 is 41.5. The van der Waals surface area contributed by atoms with Gasteiger partial charge in [-0.25, -0.2) is 13.4 Å². The molecular formula is C30H29N5O4S2. The smallest absolute Gasteiger partial charge is 0.262 e. The highest BCUT2D eigenvalue weighted by Gasteiger charge is 2.54. The molecule has 2 aliphatic heterocycles. The van der Waals surface area contributed by atoms with Crippen molar-refractivity contribution in [3.05, 3.63) is 72.6 Å². The van der Waals surface area contributed by atoms with E-state index in [2.05, 4.69) is 9.71 Å². The Balaban J connectivity index is 1.34. The second-order valence-corrected chi connectivity index (χ2v) is 14.3. The fourth-order valence-corrected chi connectivity index (χ4v) is 8.37. The molecule has 1 amide bonds. The number of hydrogen-bond acceptors (Lipinski definition) is 7. The molecule has 3 aliphatic rings. The van der Waals surface area contributed by atoms with Gasteiger partial charge < -0.3 is 9.80 Å². The van der Waals surface area contributed by atoms with Crippen LogP contribution < -0.4 is 14.5 Å². The molecule has 41 heavy (non-hydrogen) atoms. The Kier molecular flexibility index (Phi) is 6.13. The number of rotatable bonds is 5. The Morgan fingerprint density at radius 1 is 0.951 bits per heavy atom. The molecule has 1 saturated heterocycles. The van der Waals surface area contributed by atoms with Gasteiger partial charge in [0, 0.05) is 65.2 Å². The van der Waals surface area contributed by atoms with E-state index in [9.17, 15) is 17.4 Å². The Morgan fingerprint density at radius 3 is 2.41 bits per heavy atom. The molecule has 9 nitrogen and oxygen atoms in total. The maximum absolute atomic E-state index is 13.4. The van der Waals surface area contributed by atoms with Gasteiger partial charge in [-0.15, -0.1) is 0 Å². The van der Waals surface area contributed by atoms with Crippen molar-refractivity contribution in [2.75, 3.05) is 46.2 Å². The number of nitrogens with zero attached hydrogens (tertiary/aromatic N) is 4. The first kappa shape index (κ1) is 26.1. The third kappa shape index (κ3) is 4.21. The van der Waals surface area contributed by atoms with Crippen LogP contribution in [0.5, 0.6) is 0 Å². The third-order valence-electron chi connectivity index (χ3n) is 8.58. The van der Waals surface area contributed by atoms with Crippen LogP contribution in [0.15, 0.2) is 71.9 Å². The van der Waals surface area contributed by atoms with Crippen LogP contribution in [0, 0.1) is 0 Å². The summed E-state index contributed by atoms with van der Waals surface area (Å²) in [4.78, 5) is 26.5. The van der Waals surface area contributed by atoms with E-state index in [1.54, 1.807) is 47.6 Å². The van der Waals surface area contributed by atoms with Gasteiger partial charge in [0.05, 0.1) is 33.4 Å². The van der Waals surface area contributed by atoms with Crippen molar-refractivity contribution in [1.29, 1.82) is 0 Å². The second-order valence-electron chi connectivity index (χ2n) is 10.9. The zero-order chi connectivity index (χ0) is 28.4. The number of anilines is 3. The van der Waals surface area contributed by atoms with Crippen LogP contribution in [-0.4, -0.2) is 60.1 Å². The van der Waals surface area contributed by atoms with E-state index in [-0.39, 0.29) is 10.8 Å². The SMILES string of the molecule is CN1C(=O)C2(CCC2)c2c1cnc1ccc(-c3cnc(N4CCS(=O)CC4)c(NS(=O)(=O)c4ccccc4)c3)cc21. The van der Waals surface area contributed by atoms with Crippen LogP contribution in [-0.2, 0) is 31.0 Å². The number of fused-ring (bicyclic) bond motifs is 4. The average molecular weight is 588 g/mol. The lowest BCUT2D eigenvalue weighted by atomic mass is 9.64. The molecule has 0 atom stereocenters. The molecule has 4 heterocycles. The lowest BCUT2D eigenvalue weighted by Crippen LogP contribution is -2.43. The maximum atomic E-state index is 13.4. The molecule has 0 bridgehead atoms. The number of carbonyl (C=O) groups is 1. The van der Waals surface area contributed by atoms with E-state index in [1.807, 2.05) is 36.2 Å². The van der Waals surface area contributed by atoms with Crippen LogP contribution in [0.2, 0.25) is 0 Å². The summed E-state index contributed by atoms with van der Waals surface area (Å²) in [6.07, 6.45) is 6.21. The van der Waals surface area contributed by atoms with E-state index in [1.165, 1.54) is 0 Å². The number of aromatic nitrogens is 2. The second kappa shape index (κ2) is 9.63. The van der Waals surface area contributed by atoms with Gasteiger partial charge in [0.1, 0.15) is 0 Å². The summed E-state index contributed by atoms with van der Waals surface area (Å²) >= 11 is 0. The van der Waals surface area contributed by atoms with Gasteiger partial charge in [0.15, 0.2) is 5.82 Å². The van der Waals surface area contributed by atoms with Gasteiger partial charge in [0.2, 0.25) is 5.91 Å². The molecule has 2 fully saturated rings. The quantitative estimate of drug-likeness (QED) is 0.375. The van der Waals surface area contributed by atoms with Gasteiger partial charge in [-0.1, -0.05) is 30.7 Å². The van der Waals surface area contributed by atoms with Gasteiger partial charge in [-0.05, 0) is 48.7 Å². The molecule has 2 aromatic heterocycles. The Labute approximate surface area is 241 Å². The van der Waals surface area contributed by atoms with Crippen LogP contribution in [0.4, 0.5) is 17.2 Å². The number of benzene rings is 2. The lowest BCUT2D eigenvalue weighted by Gasteiger charge is -2.37. The minimum atomic E-state index is -3.88. The summed E-state index contributed by atoms with van der Waals surface area (Å²) in [6, 6.07) is 16.0. The molecule has 2 aromatic carbocycles. The van der Waals surface area contributed by atoms with Crippen molar-refractivity contribution < 1.29 is 17.4 Å². The van der Waals surface area contributed by atoms with Gasteiger partial charge in [0.25, 0.3) is 10.0 Å². The van der Waals surface area contributed by atoms with Crippen molar-refractivity contribution >= 4 is 54.8 Å². The van der Waals surface area contributed by atoms with Gasteiger partial charge >= 0.3 is 0 Å². The summed E-state index contributed by atoms with van der Waals surface area (Å²) in [6.45, 7) is 1.05. The molecule has 1 N–H and O–H groups in total. The van der Waals surface area contributed by atoms with Crippen molar-refractivity contribution in [3.8, 4) is 11.1 Å². The van der Waals surface area contributed by atoms with E-state index in [4.69, 9.17) is 4.98 Å². The number of amides is 1. The number of nitrogens with one attached hydrogen (secondary N) is 1. The minimum absolute atomic E-state index is 0.129. The lowest BCUT2D eigenvalue weighted by molar-refractivity contribution is -0.125. The van der Waals surface area contributed by atoms with Crippen molar-refractivity contribution in [2.24, 2.45) is 0 Å². The van der Waals surface area contributed by atoms with Crippen molar-refractivity contribution in [2.45, 2.75) is 29.6 Å². The highest BCUT2D eigenvalue weighted by atomic mass is 32.2. The number of hydrogen-bond donors (Lipinski definition) is 1. The Bertz CT molecular complexity index is 1830. The molecule has 1 spiro atoms. The average Bonchev–Trinajstić information content (AvgIpc) is 3.20. The molecule has 4 aromatic rings. The molecule has 11 heteroatoms. The van der Waals surface area contributed by atoms with Gasteiger partial charge in [-0.3, -0.25) is 18.7 Å². The fraction of sp³-hybridized carbons (Fsp3) is 0.300. The first-order valence-corrected chi connectivity index (χ1v) is 16.6. The largest absolute Gasteiger partial charge is 0.353 e. The van der Waals surface area contributed by atoms with Crippen LogP contribution in [0.3, 0.4) is 0 Å². The molecule has 1 saturated carbocycles. The summed E-state index contributed by atoms with van der Waals surface area (Å²) in [7, 11) is -2.95. The normalized spacial score (nSPS) is 18.5. The monoisotopic (exact) mass is 587 g/mol. The number of pyridine rings is 2. The maximum Gasteiger partial charge on any atom is 0.262 e. The molecule has 1 aliphatic carbocycles. The summed E-state index contributed by atoms with van der Waals surface area (Å²) in [5.41, 5.74) is 4.17. The topological polar surface area (TPSA) is 113 Å². The molecule has 0 unspecified atom stereocenters. The molecule has 210 valence electrons. The zero-order valence-electron chi connectivity index (χ0n) is 22.5. The van der Waals surface area contributed by atoms with E-state index in [0.29, 0.717) is 36.1 Å². The van der Waals surface area contributed by atoms with E-state index < -0.39 is 26.2 Å². The van der Waals surface area contributed by atoms with Crippen LogP contribution >= 0.6 is 0 Å². The number of sulfonamides is 1. The Hall–Kier alpha value is -3.83. The predicted molar refractivity (Wildman–Crippen MR) is 161 cm³/mol. The van der Waals surface area contributed by atoms with Crippen LogP contribution in [0.25, 0.3) is 22.0 Å². The third-order valence-corrected chi connectivity index (χ3v) is 11.2. The first-order chi connectivity index (χ1) is 19.8. The highest BCUT2D eigenvalue weighted by Crippen LogP contribution is 2.55. The molecule has 0 radical (unpaired) electrons. The number of likely N-dealkylation sites (N-methyl/N-ethyl adjacent to an activating group) is 1. The summed E-state index contributed by atoms with van der Waals surface area (Å²) in [5.74, 6) is 1.65. The minimum Gasteiger partial charge on any atom is -0.353 e. The molecular weight excluding hydrogens is 558 g/mol. The summed E-state index contributed by atoms with van der Waals surface area (Å²) in [5, 5.41) is 0.936. The highest BCUT2D eigenvalue weighted by molar-refractivity contribution is 7.92. The van der Waals surface area contributed by atoms with Gasteiger partial charge in [-0.2, -0.15) is 0 Å². The van der Waals surface area contributed by atoms with E-state index >= 15 is 0 Å². The first-order valence-electron chi connectivity index (χ1n) is 13.7. The predicted octanol–water partition coefficient (Wildman–Crippen LogP) is 4.06. The standard InChI is InChI=1S/C30H29N5O4S2/c1-34-26-19-31-24-9-8-20(16-23(24)27(26)30(29(34)36)10-5-11-30)21-17-25(33-41(38,39)22-6-3-2-4-7-22)28(32-18-21)35-12-14-40(37)15-13-35/h2-4,6-9,16-19,33H,5,10-15H2,1H3. The van der Waals surface area contributed by atoms with E-state index in [0.717, 1.165) is 52.5 Å². The van der Waals surface area contributed by atoms with Crippen LogP contribution in [0.1, 0.15) is 24.8 Å². The fourth-order valence-electron chi connectivity index (χ4n) is 6.25. The Morgan fingerprint density at radius 2 is 1.71 bits per heavy atom. The van der Waals surface area contributed by atoms with Crippen molar-refractivity contribution in [3.63, 3.8) is 0 Å². The number of carbonyl (C=O) groups excluding carboxylic acids is 1. The molecule has 7 rings (SSSR count). The zero-order valence-corrected chi connectivity index (χ0v) is 24.2. The van der Waals surface area contributed by atoms with Crippen molar-refractivity contribution in [1.82, 2.24) is 9.97 Å².